The van der Waals surface area contributed by atoms with Crippen LogP contribution in [0, 0.1) is 0 Å². The first-order valence-corrected chi connectivity index (χ1v) is 5.83. The van der Waals surface area contributed by atoms with E-state index >= 15 is 0 Å². The number of carbonyl (C=O) groups is 2. The van der Waals surface area contributed by atoms with Crippen LogP contribution in [0.25, 0.3) is 0 Å². The van der Waals surface area contributed by atoms with Gasteiger partial charge >= 0.3 is 17.9 Å². The number of halogens is 2. The van der Waals surface area contributed by atoms with E-state index in [4.69, 9.17) is 5.73 Å². The van der Waals surface area contributed by atoms with Crippen LogP contribution >= 0.6 is 0 Å². The molecule has 0 aromatic heterocycles. The highest BCUT2D eigenvalue weighted by molar-refractivity contribution is 5.89. The van der Waals surface area contributed by atoms with Crippen LogP contribution in [0.3, 0.4) is 0 Å². The largest absolute Gasteiger partial charge is 0.465 e. The molecule has 0 heterocycles. The summed E-state index contributed by atoms with van der Waals surface area (Å²) in [4.78, 5) is 22.4. The van der Waals surface area contributed by atoms with Gasteiger partial charge in [0.25, 0.3) is 0 Å². The molecule has 0 unspecified atom stereocenters. The number of hydrogen-bond acceptors (Lipinski definition) is 5. The van der Waals surface area contributed by atoms with E-state index in [1.54, 1.807) is 0 Å². The zero-order valence-corrected chi connectivity index (χ0v) is 11.1. The van der Waals surface area contributed by atoms with Gasteiger partial charge in [-0.05, 0) is 24.6 Å². The Morgan fingerprint density at radius 1 is 1.30 bits per heavy atom. The first-order chi connectivity index (χ1) is 9.34. The molecule has 0 aliphatic heterocycles. The summed E-state index contributed by atoms with van der Waals surface area (Å²) in [6.07, 6.45) is 0. The second-order valence-electron chi connectivity index (χ2n) is 3.93. The van der Waals surface area contributed by atoms with Gasteiger partial charge in [0, 0.05) is 0 Å². The second-order valence-corrected chi connectivity index (χ2v) is 3.93. The zero-order valence-electron chi connectivity index (χ0n) is 11.1. The Bertz CT molecular complexity index is 488. The molecule has 0 saturated heterocycles. The van der Waals surface area contributed by atoms with Crippen molar-refractivity contribution in [3.63, 3.8) is 0 Å². The SMILES string of the molecule is CCOC(=O)C(F)(F)[C@H](N)c1ccc(C(=O)OC)cc1. The van der Waals surface area contributed by atoms with Gasteiger partial charge in [0.2, 0.25) is 0 Å². The number of rotatable bonds is 5. The Morgan fingerprint density at radius 2 is 1.85 bits per heavy atom. The predicted molar refractivity (Wildman–Crippen MR) is 66.3 cm³/mol. The molecule has 0 aliphatic carbocycles. The first-order valence-electron chi connectivity index (χ1n) is 5.83. The Labute approximate surface area is 114 Å². The fourth-order valence-corrected chi connectivity index (χ4v) is 1.51. The lowest BCUT2D eigenvalue weighted by Crippen LogP contribution is -2.41. The molecule has 0 spiro atoms. The van der Waals surface area contributed by atoms with Crippen LogP contribution in [0.2, 0.25) is 0 Å². The van der Waals surface area contributed by atoms with Crippen molar-refractivity contribution >= 4 is 11.9 Å². The minimum absolute atomic E-state index is 0.00991. The van der Waals surface area contributed by atoms with E-state index in [1.165, 1.54) is 38.3 Å². The number of carbonyl (C=O) groups excluding carboxylic acids is 2. The van der Waals surface area contributed by atoms with Gasteiger partial charge in [0.15, 0.2) is 0 Å². The standard InChI is InChI=1S/C13H15F2NO4/c1-3-20-12(18)13(14,15)10(16)8-4-6-9(7-5-8)11(17)19-2/h4-7,10H,3,16H2,1-2H3/t10-/m1/s1. The molecule has 0 fully saturated rings. The highest BCUT2D eigenvalue weighted by Gasteiger charge is 2.47. The molecule has 5 nitrogen and oxygen atoms in total. The predicted octanol–water partition coefficient (Wildman–Crippen LogP) is 1.67. The molecule has 1 atom stereocenters. The van der Waals surface area contributed by atoms with Crippen molar-refractivity contribution in [1.29, 1.82) is 0 Å². The minimum Gasteiger partial charge on any atom is -0.465 e. The van der Waals surface area contributed by atoms with Crippen LogP contribution in [0.4, 0.5) is 8.78 Å². The zero-order chi connectivity index (χ0) is 15.3. The molecule has 0 amide bonds. The molecule has 2 N–H and O–H groups in total. The number of methoxy groups -OCH3 is 1. The normalized spacial score (nSPS) is 12.7. The van der Waals surface area contributed by atoms with Crippen molar-refractivity contribution in [3.8, 4) is 0 Å². The van der Waals surface area contributed by atoms with Gasteiger partial charge in [-0.3, -0.25) is 0 Å². The number of benzene rings is 1. The van der Waals surface area contributed by atoms with Gasteiger partial charge in [0.05, 0.1) is 19.3 Å². The maximum atomic E-state index is 13.7. The second kappa shape index (κ2) is 6.42. The van der Waals surface area contributed by atoms with Gasteiger partial charge in [0.1, 0.15) is 6.04 Å². The number of ether oxygens (including phenoxy) is 2. The smallest absolute Gasteiger partial charge is 0.379 e. The third-order valence-electron chi connectivity index (χ3n) is 2.63. The van der Waals surface area contributed by atoms with Crippen LogP contribution in [0.15, 0.2) is 24.3 Å². The van der Waals surface area contributed by atoms with Gasteiger partial charge in [-0.1, -0.05) is 12.1 Å². The molecule has 7 heteroatoms. The third-order valence-corrected chi connectivity index (χ3v) is 2.63. The Balaban J connectivity index is 2.94. The molecule has 0 saturated carbocycles. The quantitative estimate of drug-likeness (QED) is 0.833. The molecule has 0 aliphatic rings. The Kier molecular flexibility index (Phi) is 5.15. The van der Waals surface area contributed by atoms with E-state index < -0.39 is 23.9 Å². The highest BCUT2D eigenvalue weighted by Crippen LogP contribution is 2.30. The molecular formula is C13H15F2NO4. The summed E-state index contributed by atoms with van der Waals surface area (Å²) in [7, 11) is 1.21. The highest BCUT2D eigenvalue weighted by atomic mass is 19.3. The van der Waals surface area contributed by atoms with E-state index in [1.807, 2.05) is 0 Å². The fourth-order valence-electron chi connectivity index (χ4n) is 1.51. The van der Waals surface area contributed by atoms with Crippen LogP contribution < -0.4 is 5.73 Å². The van der Waals surface area contributed by atoms with Crippen molar-refractivity contribution in [2.45, 2.75) is 18.9 Å². The molecule has 0 bridgehead atoms. The minimum atomic E-state index is -3.84. The van der Waals surface area contributed by atoms with Crippen molar-refractivity contribution < 1.29 is 27.8 Å². The number of alkyl halides is 2. The van der Waals surface area contributed by atoms with E-state index in [9.17, 15) is 18.4 Å². The van der Waals surface area contributed by atoms with E-state index in [2.05, 4.69) is 9.47 Å². The van der Waals surface area contributed by atoms with Crippen LogP contribution in [0.5, 0.6) is 0 Å². The number of esters is 2. The van der Waals surface area contributed by atoms with E-state index in [0.717, 1.165) is 0 Å². The van der Waals surface area contributed by atoms with E-state index in [-0.39, 0.29) is 17.7 Å². The van der Waals surface area contributed by atoms with Crippen molar-refractivity contribution in [2.24, 2.45) is 5.73 Å². The van der Waals surface area contributed by atoms with Crippen molar-refractivity contribution in [2.75, 3.05) is 13.7 Å². The topological polar surface area (TPSA) is 78.6 Å². The summed E-state index contributed by atoms with van der Waals surface area (Å²) in [5, 5.41) is 0. The molecule has 1 aromatic carbocycles. The Hall–Kier alpha value is -2.02. The summed E-state index contributed by atoms with van der Waals surface area (Å²) in [5.41, 5.74) is 5.60. The summed E-state index contributed by atoms with van der Waals surface area (Å²) in [6, 6.07) is 3.21. The van der Waals surface area contributed by atoms with Gasteiger partial charge in [-0.2, -0.15) is 8.78 Å². The van der Waals surface area contributed by atoms with Crippen LogP contribution in [0.1, 0.15) is 28.9 Å². The van der Waals surface area contributed by atoms with E-state index in [0.29, 0.717) is 0 Å². The molecule has 0 radical (unpaired) electrons. The molecule has 20 heavy (non-hydrogen) atoms. The van der Waals surface area contributed by atoms with Gasteiger partial charge in [-0.25, -0.2) is 9.59 Å². The van der Waals surface area contributed by atoms with Crippen molar-refractivity contribution in [1.82, 2.24) is 0 Å². The maximum absolute atomic E-state index is 13.7. The molecule has 1 rings (SSSR count). The average molecular weight is 287 g/mol. The summed E-state index contributed by atoms with van der Waals surface area (Å²) >= 11 is 0. The van der Waals surface area contributed by atoms with Crippen molar-refractivity contribution in [3.05, 3.63) is 35.4 Å². The summed E-state index contributed by atoms with van der Waals surface area (Å²) in [6.45, 7) is 1.26. The Morgan fingerprint density at radius 3 is 2.30 bits per heavy atom. The third kappa shape index (κ3) is 3.30. The number of nitrogens with two attached hydrogens (primary N) is 1. The maximum Gasteiger partial charge on any atom is 0.379 e. The first kappa shape index (κ1) is 16.0. The lowest BCUT2D eigenvalue weighted by Gasteiger charge is -2.21. The monoisotopic (exact) mass is 287 g/mol. The van der Waals surface area contributed by atoms with Crippen LogP contribution in [-0.4, -0.2) is 31.6 Å². The lowest BCUT2D eigenvalue weighted by atomic mass is 10.00. The molecular weight excluding hydrogens is 272 g/mol. The molecule has 110 valence electrons. The number of hydrogen-bond donors (Lipinski definition) is 1. The summed E-state index contributed by atoms with van der Waals surface area (Å²) in [5.74, 6) is -6.12. The lowest BCUT2D eigenvalue weighted by molar-refractivity contribution is -0.174. The van der Waals surface area contributed by atoms with Gasteiger partial charge < -0.3 is 15.2 Å². The van der Waals surface area contributed by atoms with Gasteiger partial charge in [-0.15, -0.1) is 0 Å². The average Bonchev–Trinajstić information content (AvgIpc) is 2.46. The fraction of sp³-hybridized carbons (Fsp3) is 0.385. The summed E-state index contributed by atoms with van der Waals surface area (Å²) < 4.78 is 36.2. The molecule has 1 aromatic rings. The van der Waals surface area contributed by atoms with Crippen LogP contribution in [-0.2, 0) is 14.3 Å².